The largest absolute Gasteiger partial charge is 0.469 e. The fourth-order valence-corrected chi connectivity index (χ4v) is 2.13. The second-order valence-corrected chi connectivity index (χ2v) is 4.54. The van der Waals surface area contributed by atoms with Gasteiger partial charge in [0, 0.05) is 10.9 Å². The van der Waals surface area contributed by atoms with Gasteiger partial charge in [0.25, 0.3) is 0 Å². The lowest BCUT2D eigenvalue weighted by molar-refractivity contribution is 0.191. The summed E-state index contributed by atoms with van der Waals surface area (Å²) in [5.74, 6) is 1.32. The first-order valence-corrected chi connectivity index (χ1v) is 5.87. The molecule has 0 radical (unpaired) electrons. The second-order valence-electron chi connectivity index (χ2n) is 4.54. The third-order valence-corrected chi connectivity index (χ3v) is 3.10. The van der Waals surface area contributed by atoms with Gasteiger partial charge < -0.3 is 13.9 Å². The Balaban J connectivity index is 2.06. The van der Waals surface area contributed by atoms with Crippen LogP contribution in [0.25, 0.3) is 11.0 Å². The number of rotatable bonds is 2. The van der Waals surface area contributed by atoms with E-state index in [0.29, 0.717) is 11.3 Å². The van der Waals surface area contributed by atoms with E-state index in [1.54, 1.807) is 6.26 Å². The smallest absolute Gasteiger partial charge is 0.140 e. The van der Waals surface area contributed by atoms with Crippen LogP contribution >= 0.6 is 0 Å². The summed E-state index contributed by atoms with van der Waals surface area (Å²) in [5, 5.41) is 11.2. The zero-order valence-electron chi connectivity index (χ0n) is 10.3. The second kappa shape index (κ2) is 4.03. The van der Waals surface area contributed by atoms with E-state index >= 15 is 0 Å². The van der Waals surface area contributed by atoms with E-state index in [4.69, 9.17) is 8.83 Å². The molecule has 3 aromatic rings. The predicted octanol–water partition coefficient (Wildman–Crippen LogP) is 3.72. The van der Waals surface area contributed by atoms with Crippen LogP contribution in [-0.2, 0) is 0 Å². The first kappa shape index (κ1) is 11.1. The summed E-state index contributed by atoms with van der Waals surface area (Å²) in [5.41, 5.74) is 2.60. The van der Waals surface area contributed by atoms with Crippen molar-refractivity contribution in [3.63, 3.8) is 0 Å². The van der Waals surface area contributed by atoms with Crippen molar-refractivity contribution in [2.45, 2.75) is 20.0 Å². The van der Waals surface area contributed by atoms with Gasteiger partial charge in [-0.3, -0.25) is 0 Å². The molecule has 0 aliphatic carbocycles. The summed E-state index contributed by atoms with van der Waals surface area (Å²) in [4.78, 5) is 0. The molecule has 3 nitrogen and oxygen atoms in total. The zero-order chi connectivity index (χ0) is 12.7. The molecule has 92 valence electrons. The highest BCUT2D eigenvalue weighted by Gasteiger charge is 2.17. The maximum absolute atomic E-state index is 10.2. The average molecular weight is 242 g/mol. The fraction of sp³-hybridized carbons (Fsp3) is 0.200. The van der Waals surface area contributed by atoms with E-state index in [9.17, 15) is 5.11 Å². The van der Waals surface area contributed by atoms with Crippen molar-refractivity contribution in [1.82, 2.24) is 0 Å². The number of fused-ring (bicyclic) bond motifs is 1. The van der Waals surface area contributed by atoms with Gasteiger partial charge in [-0.1, -0.05) is 18.2 Å². The summed E-state index contributed by atoms with van der Waals surface area (Å²) in [6.07, 6.45) is 0.772. The van der Waals surface area contributed by atoms with Crippen LogP contribution in [0, 0.1) is 13.8 Å². The Morgan fingerprint density at radius 3 is 2.67 bits per heavy atom. The molecule has 1 unspecified atom stereocenters. The standard InChI is InChI=1S/C15H14O3/c1-9-4-3-5-11-7-13(18-15(9)11)14(16)12-6-10(2)17-8-12/h3-8,14,16H,1-2H3. The number of aliphatic hydroxyl groups excluding tert-OH is 1. The van der Waals surface area contributed by atoms with Gasteiger partial charge in [-0.15, -0.1) is 0 Å². The molecule has 0 fully saturated rings. The van der Waals surface area contributed by atoms with Crippen LogP contribution in [0.1, 0.15) is 28.8 Å². The molecule has 2 heterocycles. The number of aryl methyl sites for hydroxylation is 2. The maximum atomic E-state index is 10.2. The highest BCUT2D eigenvalue weighted by molar-refractivity contribution is 5.81. The molecule has 0 amide bonds. The fourth-order valence-electron chi connectivity index (χ4n) is 2.13. The molecule has 0 saturated heterocycles. The Labute approximate surface area is 105 Å². The van der Waals surface area contributed by atoms with Crippen molar-refractivity contribution in [2.75, 3.05) is 0 Å². The molecule has 3 heteroatoms. The summed E-state index contributed by atoms with van der Waals surface area (Å²) in [6.45, 7) is 3.84. The van der Waals surface area contributed by atoms with Crippen LogP contribution in [0.5, 0.6) is 0 Å². The molecular formula is C15H14O3. The Bertz CT molecular complexity index is 691. The molecule has 0 aliphatic heterocycles. The first-order valence-electron chi connectivity index (χ1n) is 5.87. The minimum atomic E-state index is -0.783. The predicted molar refractivity (Wildman–Crippen MR) is 68.5 cm³/mol. The first-order chi connectivity index (χ1) is 8.65. The van der Waals surface area contributed by atoms with Gasteiger partial charge >= 0.3 is 0 Å². The summed E-state index contributed by atoms with van der Waals surface area (Å²) < 4.78 is 10.9. The molecule has 1 atom stereocenters. The quantitative estimate of drug-likeness (QED) is 0.744. The van der Waals surface area contributed by atoms with Crippen LogP contribution in [0.15, 0.2) is 45.4 Å². The van der Waals surface area contributed by atoms with Crippen molar-refractivity contribution >= 4 is 11.0 Å². The van der Waals surface area contributed by atoms with Crippen LogP contribution < -0.4 is 0 Å². The number of hydrogen-bond acceptors (Lipinski definition) is 3. The molecule has 1 N–H and O–H groups in total. The summed E-state index contributed by atoms with van der Waals surface area (Å²) in [6, 6.07) is 9.62. The molecule has 0 aliphatic rings. The minimum Gasteiger partial charge on any atom is -0.469 e. The molecule has 0 bridgehead atoms. The SMILES string of the molecule is Cc1cc(C(O)c2cc3cccc(C)c3o2)co1. The van der Waals surface area contributed by atoms with Crippen LogP contribution in [0.4, 0.5) is 0 Å². The highest BCUT2D eigenvalue weighted by atomic mass is 16.4. The number of benzene rings is 1. The summed E-state index contributed by atoms with van der Waals surface area (Å²) in [7, 11) is 0. The van der Waals surface area contributed by atoms with Crippen molar-refractivity contribution in [2.24, 2.45) is 0 Å². The van der Waals surface area contributed by atoms with Gasteiger partial charge in [-0.2, -0.15) is 0 Å². The molecule has 0 spiro atoms. The lowest BCUT2D eigenvalue weighted by Gasteiger charge is -2.03. The van der Waals surface area contributed by atoms with E-state index in [2.05, 4.69) is 0 Å². The Morgan fingerprint density at radius 1 is 1.17 bits per heavy atom. The molecule has 0 saturated carbocycles. The van der Waals surface area contributed by atoms with Crippen molar-refractivity contribution in [3.05, 3.63) is 59.2 Å². The lowest BCUT2D eigenvalue weighted by atomic mass is 10.1. The van der Waals surface area contributed by atoms with Gasteiger partial charge in [-0.25, -0.2) is 0 Å². The average Bonchev–Trinajstić information content (AvgIpc) is 2.95. The maximum Gasteiger partial charge on any atom is 0.140 e. The number of hydrogen-bond donors (Lipinski definition) is 1. The third kappa shape index (κ3) is 1.73. The van der Waals surface area contributed by atoms with E-state index < -0.39 is 6.10 Å². The Morgan fingerprint density at radius 2 is 2.00 bits per heavy atom. The summed E-state index contributed by atoms with van der Waals surface area (Å²) >= 11 is 0. The molecular weight excluding hydrogens is 228 g/mol. The zero-order valence-corrected chi connectivity index (χ0v) is 10.3. The normalized spacial score (nSPS) is 13.1. The molecule has 2 aromatic heterocycles. The van der Waals surface area contributed by atoms with Crippen molar-refractivity contribution < 1.29 is 13.9 Å². The van der Waals surface area contributed by atoms with E-state index in [0.717, 1.165) is 22.3 Å². The molecule has 1 aromatic carbocycles. The van der Waals surface area contributed by atoms with Crippen molar-refractivity contribution in [1.29, 1.82) is 0 Å². The van der Waals surface area contributed by atoms with Gasteiger partial charge in [0.05, 0.1) is 6.26 Å². The van der Waals surface area contributed by atoms with Gasteiger partial charge in [0.1, 0.15) is 23.2 Å². The van der Waals surface area contributed by atoms with Gasteiger partial charge in [-0.05, 0) is 31.5 Å². The van der Waals surface area contributed by atoms with Crippen molar-refractivity contribution in [3.8, 4) is 0 Å². The molecule has 18 heavy (non-hydrogen) atoms. The van der Waals surface area contributed by atoms with Gasteiger partial charge in [0.15, 0.2) is 0 Å². The monoisotopic (exact) mass is 242 g/mol. The third-order valence-electron chi connectivity index (χ3n) is 3.10. The van der Waals surface area contributed by atoms with Crippen LogP contribution in [0.3, 0.4) is 0 Å². The van der Waals surface area contributed by atoms with E-state index in [-0.39, 0.29) is 0 Å². The number of para-hydroxylation sites is 1. The minimum absolute atomic E-state index is 0.542. The molecule has 3 rings (SSSR count). The van der Waals surface area contributed by atoms with Crippen LogP contribution in [-0.4, -0.2) is 5.11 Å². The lowest BCUT2D eigenvalue weighted by Crippen LogP contribution is -1.95. The van der Waals surface area contributed by atoms with E-state index in [1.807, 2.05) is 44.2 Å². The van der Waals surface area contributed by atoms with E-state index in [1.165, 1.54) is 0 Å². The number of furan rings is 2. The topological polar surface area (TPSA) is 46.5 Å². The van der Waals surface area contributed by atoms with Crippen LogP contribution in [0.2, 0.25) is 0 Å². The highest BCUT2D eigenvalue weighted by Crippen LogP contribution is 2.30. The Hall–Kier alpha value is -2.00. The Kier molecular flexibility index (Phi) is 2.49. The van der Waals surface area contributed by atoms with Gasteiger partial charge in [0.2, 0.25) is 0 Å². The number of aliphatic hydroxyl groups is 1.